The van der Waals surface area contributed by atoms with Crippen LogP contribution in [0.3, 0.4) is 0 Å². The van der Waals surface area contributed by atoms with Crippen molar-refractivity contribution in [3.63, 3.8) is 0 Å². The van der Waals surface area contributed by atoms with Crippen LogP contribution in [0, 0.1) is 13.8 Å². The Morgan fingerprint density at radius 1 is 1.20 bits per heavy atom. The molecule has 0 amide bonds. The molecule has 0 bridgehead atoms. The lowest BCUT2D eigenvalue weighted by molar-refractivity contribution is -0.0548. The first-order valence-corrected chi connectivity index (χ1v) is 7.39. The number of ether oxygens (including phenoxy) is 2. The maximum Gasteiger partial charge on any atom is 0.122 e. The summed E-state index contributed by atoms with van der Waals surface area (Å²) in [5, 5.41) is 3.43. The molecule has 3 heteroatoms. The van der Waals surface area contributed by atoms with Crippen molar-refractivity contribution in [2.45, 2.75) is 52.7 Å². The Kier molecular flexibility index (Phi) is 6.03. The van der Waals surface area contributed by atoms with E-state index in [1.54, 1.807) is 7.11 Å². The molecule has 2 atom stereocenters. The number of methoxy groups -OCH3 is 1. The van der Waals surface area contributed by atoms with Crippen molar-refractivity contribution >= 4 is 0 Å². The van der Waals surface area contributed by atoms with Crippen LogP contribution in [0.4, 0.5) is 0 Å². The van der Waals surface area contributed by atoms with Crippen molar-refractivity contribution in [2.24, 2.45) is 0 Å². The van der Waals surface area contributed by atoms with Gasteiger partial charge in [-0.15, -0.1) is 0 Å². The fourth-order valence-corrected chi connectivity index (χ4v) is 2.85. The molecule has 114 valence electrons. The minimum absolute atomic E-state index is 0.164. The molecule has 2 unspecified atom stereocenters. The van der Waals surface area contributed by atoms with Crippen LogP contribution in [-0.4, -0.2) is 26.4 Å². The van der Waals surface area contributed by atoms with Gasteiger partial charge in [0, 0.05) is 6.61 Å². The number of benzene rings is 1. The van der Waals surface area contributed by atoms with Crippen molar-refractivity contribution < 1.29 is 9.47 Å². The van der Waals surface area contributed by atoms with Crippen LogP contribution in [0.2, 0.25) is 0 Å². The summed E-state index contributed by atoms with van der Waals surface area (Å²) in [5.41, 5.74) is 3.45. The normalized spacial score (nSPS) is 15.8. The highest BCUT2D eigenvalue weighted by Gasteiger charge is 2.34. The first kappa shape index (κ1) is 17.0. The van der Waals surface area contributed by atoms with Crippen LogP contribution >= 0.6 is 0 Å². The molecule has 0 aliphatic rings. The predicted octanol–water partition coefficient (Wildman–Crippen LogP) is 3.78. The van der Waals surface area contributed by atoms with Gasteiger partial charge in [0.25, 0.3) is 0 Å². The maximum absolute atomic E-state index is 6.04. The molecule has 3 nitrogen and oxygen atoms in total. The highest BCUT2D eigenvalue weighted by Crippen LogP contribution is 2.36. The zero-order chi connectivity index (χ0) is 15.3. The van der Waals surface area contributed by atoms with Gasteiger partial charge >= 0.3 is 0 Å². The van der Waals surface area contributed by atoms with E-state index in [1.807, 2.05) is 14.0 Å². The Morgan fingerprint density at radius 3 is 2.30 bits per heavy atom. The van der Waals surface area contributed by atoms with Gasteiger partial charge in [-0.3, -0.25) is 0 Å². The van der Waals surface area contributed by atoms with Gasteiger partial charge in [0.2, 0.25) is 0 Å². The van der Waals surface area contributed by atoms with E-state index >= 15 is 0 Å². The van der Waals surface area contributed by atoms with Gasteiger partial charge in [-0.25, -0.2) is 0 Å². The highest BCUT2D eigenvalue weighted by atomic mass is 16.5. The number of likely N-dealkylation sites (N-methyl/N-ethyl adjacent to an activating group) is 1. The van der Waals surface area contributed by atoms with Crippen LogP contribution in [0.5, 0.6) is 5.75 Å². The zero-order valence-corrected chi connectivity index (χ0v) is 14.0. The van der Waals surface area contributed by atoms with E-state index in [2.05, 4.69) is 45.1 Å². The third-order valence-electron chi connectivity index (χ3n) is 4.17. The Balaban J connectivity index is 3.28. The van der Waals surface area contributed by atoms with Gasteiger partial charge in [-0.05, 0) is 63.9 Å². The summed E-state index contributed by atoms with van der Waals surface area (Å²) in [6.07, 6.45) is 0.955. The molecule has 0 heterocycles. The molecule has 0 aromatic heterocycles. The Labute approximate surface area is 123 Å². The van der Waals surface area contributed by atoms with Crippen LogP contribution in [-0.2, 0) is 4.74 Å². The fraction of sp³-hybridized carbons (Fsp3) is 0.647. The monoisotopic (exact) mass is 279 g/mol. The first-order chi connectivity index (χ1) is 9.43. The van der Waals surface area contributed by atoms with E-state index in [-0.39, 0.29) is 11.6 Å². The molecule has 1 aromatic carbocycles. The van der Waals surface area contributed by atoms with Crippen molar-refractivity contribution in [2.75, 3.05) is 20.8 Å². The average molecular weight is 279 g/mol. The summed E-state index contributed by atoms with van der Waals surface area (Å²) in [7, 11) is 3.71. The number of hydrogen-bond donors (Lipinski definition) is 1. The molecule has 1 aromatic rings. The van der Waals surface area contributed by atoms with Gasteiger partial charge in [0.1, 0.15) is 5.75 Å². The third kappa shape index (κ3) is 3.33. The molecule has 0 aliphatic carbocycles. The number of aryl methyl sites for hydroxylation is 2. The smallest absolute Gasteiger partial charge is 0.122 e. The topological polar surface area (TPSA) is 30.5 Å². The van der Waals surface area contributed by atoms with Crippen molar-refractivity contribution in [3.05, 3.63) is 28.8 Å². The molecule has 0 radical (unpaired) electrons. The lowest BCUT2D eigenvalue weighted by Crippen LogP contribution is -2.42. The van der Waals surface area contributed by atoms with Crippen molar-refractivity contribution in [1.29, 1.82) is 0 Å². The largest absolute Gasteiger partial charge is 0.496 e. The third-order valence-corrected chi connectivity index (χ3v) is 4.17. The predicted molar refractivity (Wildman–Crippen MR) is 84.6 cm³/mol. The van der Waals surface area contributed by atoms with Gasteiger partial charge in [-0.2, -0.15) is 0 Å². The average Bonchev–Trinajstić information content (AvgIpc) is 2.43. The van der Waals surface area contributed by atoms with E-state index in [4.69, 9.17) is 9.47 Å². The summed E-state index contributed by atoms with van der Waals surface area (Å²) < 4.78 is 11.4. The van der Waals surface area contributed by atoms with Crippen LogP contribution in [0.1, 0.15) is 49.9 Å². The van der Waals surface area contributed by atoms with Crippen LogP contribution in [0.25, 0.3) is 0 Å². The van der Waals surface area contributed by atoms with E-state index < -0.39 is 0 Å². The molecule has 0 saturated heterocycles. The van der Waals surface area contributed by atoms with Crippen molar-refractivity contribution in [1.82, 2.24) is 5.32 Å². The second-order valence-corrected chi connectivity index (χ2v) is 5.50. The molecule has 0 saturated carbocycles. The van der Waals surface area contributed by atoms with E-state index in [1.165, 1.54) is 11.1 Å². The van der Waals surface area contributed by atoms with E-state index in [9.17, 15) is 0 Å². The highest BCUT2D eigenvalue weighted by molar-refractivity contribution is 5.43. The molecular formula is C17H29NO2. The summed E-state index contributed by atoms with van der Waals surface area (Å²) >= 11 is 0. The number of hydrogen-bond acceptors (Lipinski definition) is 3. The van der Waals surface area contributed by atoms with Gasteiger partial charge in [0.15, 0.2) is 0 Å². The molecule has 1 N–H and O–H groups in total. The molecular weight excluding hydrogens is 250 g/mol. The van der Waals surface area contributed by atoms with E-state index in [0.717, 1.165) is 24.3 Å². The van der Waals surface area contributed by atoms with Gasteiger partial charge < -0.3 is 14.8 Å². The minimum Gasteiger partial charge on any atom is -0.496 e. The van der Waals surface area contributed by atoms with E-state index in [0.29, 0.717) is 0 Å². The maximum atomic E-state index is 6.04. The summed E-state index contributed by atoms with van der Waals surface area (Å²) in [6, 6.07) is 4.48. The standard InChI is InChI=1S/C17H29NO2/c1-8-17(5,20-9-2)16(18-6)14-10-13(4)15(19-7)11-12(14)3/h10-11,16,18H,8-9H2,1-7H3. The Bertz CT molecular complexity index is 445. The Hall–Kier alpha value is -1.06. The zero-order valence-electron chi connectivity index (χ0n) is 14.0. The number of nitrogens with one attached hydrogen (secondary N) is 1. The van der Waals surface area contributed by atoms with Crippen LogP contribution < -0.4 is 10.1 Å². The van der Waals surface area contributed by atoms with Gasteiger partial charge in [-0.1, -0.05) is 13.0 Å². The lowest BCUT2D eigenvalue weighted by atomic mass is 9.85. The minimum atomic E-state index is -0.213. The fourth-order valence-electron chi connectivity index (χ4n) is 2.85. The molecule has 20 heavy (non-hydrogen) atoms. The first-order valence-electron chi connectivity index (χ1n) is 7.39. The summed E-state index contributed by atoms with van der Waals surface area (Å²) in [5.74, 6) is 0.940. The second kappa shape index (κ2) is 7.09. The molecule has 0 aliphatic heterocycles. The molecule has 0 fully saturated rings. The van der Waals surface area contributed by atoms with Crippen LogP contribution in [0.15, 0.2) is 12.1 Å². The Morgan fingerprint density at radius 2 is 1.85 bits per heavy atom. The second-order valence-electron chi connectivity index (χ2n) is 5.50. The summed E-state index contributed by atoms with van der Waals surface area (Å²) in [6.45, 7) is 11.3. The lowest BCUT2D eigenvalue weighted by Gasteiger charge is -2.38. The quantitative estimate of drug-likeness (QED) is 0.824. The summed E-state index contributed by atoms with van der Waals surface area (Å²) in [4.78, 5) is 0. The molecule has 0 spiro atoms. The molecule has 1 rings (SSSR count). The number of rotatable bonds is 7. The van der Waals surface area contributed by atoms with Gasteiger partial charge in [0.05, 0.1) is 18.8 Å². The SMILES string of the molecule is CCOC(C)(CC)C(NC)c1cc(C)c(OC)cc1C. The van der Waals surface area contributed by atoms with Crippen molar-refractivity contribution in [3.8, 4) is 5.75 Å².